The molecule has 7 heteroatoms. The average Bonchev–Trinajstić information content (AvgIpc) is 3.27. The van der Waals surface area contributed by atoms with Gasteiger partial charge < -0.3 is 14.5 Å². The van der Waals surface area contributed by atoms with Crippen LogP contribution in [-0.4, -0.2) is 61.4 Å². The van der Waals surface area contributed by atoms with Crippen molar-refractivity contribution in [1.29, 1.82) is 0 Å². The molecule has 3 aliphatic heterocycles. The number of hydrogen-bond donors (Lipinski definition) is 0. The minimum atomic E-state index is -0.773. The molecule has 0 saturated carbocycles. The minimum Gasteiger partial charge on any atom is -0.381 e. The van der Waals surface area contributed by atoms with Gasteiger partial charge in [-0.15, -0.1) is 0 Å². The number of anilines is 1. The van der Waals surface area contributed by atoms with Gasteiger partial charge in [-0.25, -0.2) is 9.37 Å². The molecule has 126 valence electrons. The molecule has 4 heterocycles. The third kappa shape index (κ3) is 2.96. The molecule has 1 spiro atoms. The number of halogens is 1. The Kier molecular flexibility index (Phi) is 4.01. The molecule has 0 N–H and O–H groups in total. The standard InChI is InChI=1S/C16H22FN3O2S/c17-12-1-5-19(10-12)15-18-9-13(23-15)14(21)20-6-2-16(11-20)3-7-22-8-4-16/h9,12H,1-8,10-11H2/t12-/m0/s1. The lowest BCUT2D eigenvalue weighted by Crippen LogP contribution is -2.35. The van der Waals surface area contributed by atoms with Gasteiger partial charge in [0.2, 0.25) is 0 Å². The second-order valence-electron chi connectivity index (χ2n) is 6.93. The number of amides is 1. The van der Waals surface area contributed by atoms with Crippen molar-refractivity contribution in [2.75, 3.05) is 44.3 Å². The van der Waals surface area contributed by atoms with Gasteiger partial charge in [0.05, 0.1) is 12.7 Å². The quantitative estimate of drug-likeness (QED) is 0.830. The van der Waals surface area contributed by atoms with E-state index < -0.39 is 6.17 Å². The summed E-state index contributed by atoms with van der Waals surface area (Å²) in [6.07, 6.45) is 4.61. The Bertz CT molecular complexity index is 588. The molecule has 3 fully saturated rings. The Hall–Kier alpha value is -1.21. The van der Waals surface area contributed by atoms with Crippen LogP contribution in [0.1, 0.15) is 35.4 Å². The monoisotopic (exact) mass is 339 g/mol. The van der Waals surface area contributed by atoms with E-state index in [0.717, 1.165) is 50.7 Å². The zero-order valence-corrected chi connectivity index (χ0v) is 14.0. The van der Waals surface area contributed by atoms with Crippen LogP contribution < -0.4 is 4.90 Å². The van der Waals surface area contributed by atoms with Crippen molar-refractivity contribution in [2.45, 2.75) is 31.9 Å². The number of rotatable bonds is 2. The van der Waals surface area contributed by atoms with Gasteiger partial charge >= 0.3 is 0 Å². The van der Waals surface area contributed by atoms with E-state index in [1.165, 1.54) is 11.3 Å². The van der Waals surface area contributed by atoms with Crippen molar-refractivity contribution in [3.63, 3.8) is 0 Å². The first-order chi connectivity index (χ1) is 11.2. The molecule has 1 amide bonds. The van der Waals surface area contributed by atoms with E-state index in [4.69, 9.17) is 4.74 Å². The van der Waals surface area contributed by atoms with Crippen molar-refractivity contribution < 1.29 is 13.9 Å². The van der Waals surface area contributed by atoms with Crippen molar-refractivity contribution in [2.24, 2.45) is 5.41 Å². The summed E-state index contributed by atoms with van der Waals surface area (Å²) < 4.78 is 18.8. The maximum absolute atomic E-state index is 13.3. The Balaban J connectivity index is 1.42. The third-order valence-electron chi connectivity index (χ3n) is 5.38. The van der Waals surface area contributed by atoms with E-state index in [1.54, 1.807) is 6.20 Å². The van der Waals surface area contributed by atoms with E-state index in [2.05, 4.69) is 4.98 Å². The van der Waals surface area contributed by atoms with Gasteiger partial charge in [0, 0.05) is 32.8 Å². The zero-order valence-electron chi connectivity index (χ0n) is 13.2. The number of nitrogens with zero attached hydrogens (tertiary/aromatic N) is 3. The van der Waals surface area contributed by atoms with E-state index in [1.807, 2.05) is 9.80 Å². The van der Waals surface area contributed by atoms with Crippen molar-refractivity contribution in [1.82, 2.24) is 9.88 Å². The van der Waals surface area contributed by atoms with Crippen LogP contribution in [0.15, 0.2) is 6.20 Å². The van der Waals surface area contributed by atoms with Crippen molar-refractivity contribution in [3.05, 3.63) is 11.1 Å². The molecule has 23 heavy (non-hydrogen) atoms. The number of likely N-dealkylation sites (tertiary alicyclic amines) is 1. The first-order valence-electron chi connectivity index (χ1n) is 8.37. The van der Waals surface area contributed by atoms with Crippen LogP contribution in [0.25, 0.3) is 0 Å². The molecule has 1 aromatic heterocycles. The van der Waals surface area contributed by atoms with Gasteiger partial charge in [-0.05, 0) is 31.1 Å². The molecule has 1 atom stereocenters. The Morgan fingerprint density at radius 1 is 1.35 bits per heavy atom. The van der Waals surface area contributed by atoms with Crippen LogP contribution in [0.5, 0.6) is 0 Å². The van der Waals surface area contributed by atoms with Crippen molar-refractivity contribution >= 4 is 22.4 Å². The third-order valence-corrected chi connectivity index (χ3v) is 6.43. The summed E-state index contributed by atoms with van der Waals surface area (Å²) in [5.74, 6) is 0.0770. The summed E-state index contributed by atoms with van der Waals surface area (Å²) in [5, 5.41) is 0.772. The topological polar surface area (TPSA) is 45.7 Å². The van der Waals surface area contributed by atoms with Crippen LogP contribution >= 0.6 is 11.3 Å². The molecule has 0 aliphatic carbocycles. The van der Waals surface area contributed by atoms with E-state index in [-0.39, 0.29) is 11.3 Å². The second kappa shape index (κ2) is 6.02. The molecular weight excluding hydrogens is 317 g/mol. The van der Waals surface area contributed by atoms with Crippen LogP contribution in [0.3, 0.4) is 0 Å². The summed E-state index contributed by atoms with van der Waals surface area (Å²) in [4.78, 5) is 21.7. The fourth-order valence-electron chi connectivity index (χ4n) is 3.88. The van der Waals surface area contributed by atoms with Crippen LogP contribution in [0.4, 0.5) is 9.52 Å². The van der Waals surface area contributed by atoms with Gasteiger partial charge in [-0.3, -0.25) is 4.79 Å². The van der Waals surface area contributed by atoms with Gasteiger partial charge in [0.15, 0.2) is 5.13 Å². The summed E-state index contributed by atoms with van der Waals surface area (Å²) in [6.45, 7) is 4.36. The van der Waals surface area contributed by atoms with Crippen molar-refractivity contribution in [3.8, 4) is 0 Å². The zero-order chi connectivity index (χ0) is 15.9. The molecule has 0 aromatic carbocycles. The highest BCUT2D eigenvalue weighted by molar-refractivity contribution is 7.17. The van der Waals surface area contributed by atoms with Crippen LogP contribution in [-0.2, 0) is 4.74 Å². The highest BCUT2D eigenvalue weighted by Gasteiger charge is 2.41. The van der Waals surface area contributed by atoms with E-state index in [0.29, 0.717) is 24.4 Å². The molecule has 0 radical (unpaired) electrons. The predicted octanol–water partition coefficient (Wildman–Crippen LogP) is 2.33. The van der Waals surface area contributed by atoms with E-state index >= 15 is 0 Å². The maximum Gasteiger partial charge on any atom is 0.265 e. The number of thiazole rings is 1. The summed E-state index contributed by atoms with van der Waals surface area (Å²) in [5.41, 5.74) is 0.262. The summed E-state index contributed by atoms with van der Waals surface area (Å²) in [6, 6.07) is 0. The normalized spacial score (nSPS) is 27.1. The fraction of sp³-hybridized carbons (Fsp3) is 0.750. The molecule has 0 unspecified atom stereocenters. The van der Waals surface area contributed by atoms with Crippen LogP contribution in [0, 0.1) is 5.41 Å². The molecule has 3 aliphatic rings. The molecule has 1 aromatic rings. The molecule has 5 nitrogen and oxygen atoms in total. The molecule has 0 bridgehead atoms. The first-order valence-corrected chi connectivity index (χ1v) is 9.19. The number of hydrogen-bond acceptors (Lipinski definition) is 5. The first kappa shape index (κ1) is 15.3. The highest BCUT2D eigenvalue weighted by atomic mass is 32.1. The highest BCUT2D eigenvalue weighted by Crippen LogP contribution is 2.40. The average molecular weight is 339 g/mol. The number of aromatic nitrogens is 1. The number of ether oxygens (including phenoxy) is 1. The Labute approximate surface area is 139 Å². The maximum atomic E-state index is 13.3. The second-order valence-corrected chi connectivity index (χ2v) is 7.94. The van der Waals surface area contributed by atoms with Gasteiger partial charge in [-0.2, -0.15) is 0 Å². The lowest BCUT2D eigenvalue weighted by Gasteiger charge is -2.33. The molecular formula is C16H22FN3O2S. The predicted molar refractivity (Wildman–Crippen MR) is 86.8 cm³/mol. The largest absolute Gasteiger partial charge is 0.381 e. The van der Waals surface area contributed by atoms with E-state index in [9.17, 15) is 9.18 Å². The minimum absolute atomic E-state index is 0.0770. The van der Waals surface area contributed by atoms with Crippen LogP contribution in [0.2, 0.25) is 0 Å². The molecule has 3 saturated heterocycles. The summed E-state index contributed by atoms with van der Waals surface area (Å²) >= 11 is 1.39. The Morgan fingerprint density at radius 2 is 2.17 bits per heavy atom. The Morgan fingerprint density at radius 3 is 2.91 bits per heavy atom. The van der Waals surface area contributed by atoms with Gasteiger partial charge in [-0.1, -0.05) is 11.3 Å². The fourth-order valence-corrected chi connectivity index (χ4v) is 4.80. The van der Waals surface area contributed by atoms with Gasteiger partial charge in [0.1, 0.15) is 11.0 Å². The lowest BCUT2D eigenvalue weighted by molar-refractivity contribution is 0.0191. The number of alkyl halides is 1. The number of carbonyl (C=O) groups is 1. The lowest BCUT2D eigenvalue weighted by atomic mass is 9.80. The smallest absolute Gasteiger partial charge is 0.265 e. The van der Waals surface area contributed by atoms with Gasteiger partial charge in [0.25, 0.3) is 5.91 Å². The molecule has 4 rings (SSSR count). The number of carbonyl (C=O) groups excluding carboxylic acids is 1. The summed E-state index contributed by atoms with van der Waals surface area (Å²) in [7, 11) is 0. The SMILES string of the molecule is O=C(c1cnc(N2CC[C@H](F)C2)s1)N1CCC2(CCOCC2)C1.